The summed E-state index contributed by atoms with van der Waals surface area (Å²) in [7, 11) is 0. The largest absolute Gasteiger partial charge is 0.478 e. The average Bonchev–Trinajstić information content (AvgIpc) is 2.38. The molecule has 0 saturated heterocycles. The zero-order valence-corrected chi connectivity index (χ0v) is 13.2. The number of nitrogens with zero attached hydrogens (tertiary/aromatic N) is 1. The van der Waals surface area contributed by atoms with Gasteiger partial charge < -0.3 is 10.1 Å². The molecule has 8 heteroatoms. The third-order valence-corrected chi connectivity index (χ3v) is 4.31. The third kappa shape index (κ3) is 3.70. The number of halogens is 2. The number of hydrogen-bond donors (Lipinski definition) is 2. The number of carboxylic acids is 1. The Balaban J connectivity index is 2.29. The van der Waals surface area contributed by atoms with E-state index < -0.39 is 11.7 Å². The van der Waals surface area contributed by atoms with Crippen molar-refractivity contribution in [1.82, 2.24) is 9.97 Å². The molecule has 0 bridgehead atoms. The summed E-state index contributed by atoms with van der Waals surface area (Å²) >= 11 is 4.20. The summed E-state index contributed by atoms with van der Waals surface area (Å²) < 4.78 is 13.5. The van der Waals surface area contributed by atoms with Gasteiger partial charge in [-0.15, -0.1) is 11.8 Å². The highest BCUT2D eigenvalue weighted by Crippen LogP contribution is 2.26. The number of nitrogens with one attached hydrogen (secondary N) is 1. The molecule has 0 aliphatic carbocycles. The van der Waals surface area contributed by atoms with E-state index in [0.717, 1.165) is 17.3 Å². The van der Waals surface area contributed by atoms with E-state index in [1.165, 1.54) is 13.0 Å². The Morgan fingerprint density at radius 2 is 2.24 bits per heavy atom. The zero-order chi connectivity index (χ0) is 15.6. The molecule has 2 N–H and O–H groups in total. The first-order valence-corrected chi connectivity index (χ1v) is 7.57. The van der Waals surface area contributed by atoms with Crippen molar-refractivity contribution in [1.29, 1.82) is 0 Å². The molecule has 0 atom stereocenters. The van der Waals surface area contributed by atoms with E-state index in [4.69, 9.17) is 0 Å². The molecule has 110 valence electrons. The second kappa shape index (κ2) is 6.40. The molecule has 0 aliphatic rings. The maximum atomic E-state index is 13.1. The number of H-pyrrole nitrogens is 1. The van der Waals surface area contributed by atoms with Gasteiger partial charge in [0.15, 0.2) is 0 Å². The van der Waals surface area contributed by atoms with Crippen LogP contribution in [0, 0.1) is 12.7 Å². The Morgan fingerprint density at radius 1 is 1.52 bits per heavy atom. The van der Waals surface area contributed by atoms with E-state index >= 15 is 0 Å². The predicted octanol–water partition coefficient (Wildman–Crippen LogP) is 2.97. The van der Waals surface area contributed by atoms with Crippen LogP contribution in [0.5, 0.6) is 0 Å². The van der Waals surface area contributed by atoms with Gasteiger partial charge in [-0.1, -0.05) is 6.07 Å². The molecule has 1 aromatic heterocycles. The first-order chi connectivity index (χ1) is 9.88. The lowest BCUT2D eigenvalue weighted by molar-refractivity contribution is 0.0690. The van der Waals surface area contributed by atoms with Crippen molar-refractivity contribution >= 4 is 33.7 Å². The van der Waals surface area contributed by atoms with Crippen molar-refractivity contribution in [3.8, 4) is 0 Å². The number of aryl methyl sites for hydroxylation is 1. The van der Waals surface area contributed by atoms with Gasteiger partial charge in [0.05, 0.1) is 4.47 Å². The van der Waals surface area contributed by atoms with Crippen LogP contribution in [0.3, 0.4) is 0 Å². The fourth-order valence-corrected chi connectivity index (χ4v) is 3.14. The van der Waals surface area contributed by atoms with Crippen molar-refractivity contribution in [3.63, 3.8) is 0 Å². The first kappa shape index (κ1) is 15.7. The van der Waals surface area contributed by atoms with Crippen molar-refractivity contribution < 1.29 is 14.3 Å². The molecule has 2 rings (SSSR count). The fourth-order valence-electron chi connectivity index (χ4n) is 1.70. The molecule has 0 aliphatic heterocycles. The number of carboxylic acid groups (broad SMARTS) is 1. The van der Waals surface area contributed by atoms with Gasteiger partial charge in [0, 0.05) is 11.4 Å². The molecule has 1 heterocycles. The molecular weight excluding hydrogens is 363 g/mol. The van der Waals surface area contributed by atoms with E-state index in [9.17, 15) is 19.1 Å². The van der Waals surface area contributed by atoms with Gasteiger partial charge in [0.1, 0.15) is 16.4 Å². The lowest BCUT2D eigenvalue weighted by Crippen LogP contribution is -2.18. The Labute approximate surface area is 131 Å². The molecule has 0 spiro atoms. The molecule has 0 unspecified atom stereocenters. The van der Waals surface area contributed by atoms with Crippen LogP contribution >= 0.6 is 27.7 Å². The summed E-state index contributed by atoms with van der Waals surface area (Å²) in [4.78, 5) is 28.7. The maximum Gasteiger partial charge on any atom is 0.346 e. The normalized spacial score (nSPS) is 10.6. The SMILES string of the molecule is Cc1[nH]c(=O)nc(SCc2ccc(F)c(Br)c2)c1C(=O)O. The monoisotopic (exact) mass is 372 g/mol. The van der Waals surface area contributed by atoms with E-state index in [1.807, 2.05) is 0 Å². The van der Waals surface area contributed by atoms with Crippen LogP contribution in [0.1, 0.15) is 21.6 Å². The molecule has 21 heavy (non-hydrogen) atoms. The average molecular weight is 373 g/mol. The van der Waals surface area contributed by atoms with Crippen LogP contribution in [0.2, 0.25) is 0 Å². The molecule has 0 saturated carbocycles. The summed E-state index contributed by atoms with van der Waals surface area (Å²) in [5.74, 6) is -1.16. The van der Waals surface area contributed by atoms with Gasteiger partial charge in [-0.3, -0.25) is 0 Å². The summed E-state index contributed by atoms with van der Waals surface area (Å²) in [5, 5.41) is 9.33. The summed E-state index contributed by atoms with van der Waals surface area (Å²) in [5.41, 5.74) is 0.413. The lowest BCUT2D eigenvalue weighted by atomic mass is 10.2. The summed E-state index contributed by atoms with van der Waals surface area (Å²) in [6.45, 7) is 1.51. The van der Waals surface area contributed by atoms with Gasteiger partial charge in [-0.2, -0.15) is 4.98 Å². The summed E-state index contributed by atoms with van der Waals surface area (Å²) in [6, 6.07) is 4.50. The van der Waals surface area contributed by atoms with E-state index in [-0.39, 0.29) is 22.1 Å². The molecule has 0 radical (unpaired) electrons. The van der Waals surface area contributed by atoms with Gasteiger partial charge in [-0.25, -0.2) is 14.0 Å². The van der Waals surface area contributed by atoms with Crippen LogP contribution < -0.4 is 5.69 Å². The Kier molecular flexibility index (Phi) is 4.79. The van der Waals surface area contributed by atoms with Crippen LogP contribution in [-0.4, -0.2) is 21.0 Å². The molecule has 2 aromatic rings. The quantitative estimate of drug-likeness (QED) is 0.636. The van der Waals surface area contributed by atoms with Gasteiger partial charge in [0.25, 0.3) is 0 Å². The van der Waals surface area contributed by atoms with E-state index in [0.29, 0.717) is 10.2 Å². The van der Waals surface area contributed by atoms with Crippen LogP contribution in [0.25, 0.3) is 0 Å². The van der Waals surface area contributed by atoms with Gasteiger partial charge >= 0.3 is 11.7 Å². The minimum Gasteiger partial charge on any atom is -0.478 e. The topological polar surface area (TPSA) is 83.0 Å². The minimum atomic E-state index is -1.15. The highest BCUT2D eigenvalue weighted by atomic mass is 79.9. The Bertz CT molecular complexity index is 764. The van der Waals surface area contributed by atoms with Crippen molar-refractivity contribution in [2.75, 3.05) is 0 Å². The first-order valence-electron chi connectivity index (χ1n) is 5.79. The van der Waals surface area contributed by atoms with E-state index in [2.05, 4.69) is 25.9 Å². The molecular formula is C13H10BrFN2O3S. The van der Waals surface area contributed by atoms with Gasteiger partial charge in [0.2, 0.25) is 0 Å². The van der Waals surface area contributed by atoms with Crippen LogP contribution in [0.4, 0.5) is 4.39 Å². The molecule has 1 aromatic carbocycles. The number of benzene rings is 1. The number of aromatic carboxylic acids is 1. The predicted molar refractivity (Wildman–Crippen MR) is 80.2 cm³/mol. The zero-order valence-electron chi connectivity index (χ0n) is 10.8. The van der Waals surface area contributed by atoms with Crippen molar-refractivity contribution in [3.05, 3.63) is 55.8 Å². The van der Waals surface area contributed by atoms with Crippen molar-refractivity contribution in [2.24, 2.45) is 0 Å². The number of rotatable bonds is 4. The maximum absolute atomic E-state index is 13.1. The Hall–Kier alpha value is -1.67. The number of thioether (sulfide) groups is 1. The van der Waals surface area contributed by atoms with Crippen LogP contribution in [-0.2, 0) is 5.75 Å². The summed E-state index contributed by atoms with van der Waals surface area (Å²) in [6.07, 6.45) is 0. The number of aromatic amines is 1. The standard InChI is InChI=1S/C13H10BrFN2O3S/c1-6-10(12(18)19)11(17-13(20)16-6)21-5-7-2-3-9(15)8(14)4-7/h2-4H,5H2,1H3,(H,18,19)(H,16,17,20). The minimum absolute atomic E-state index is 0.0271. The molecule has 0 amide bonds. The fraction of sp³-hybridized carbons (Fsp3) is 0.154. The van der Waals surface area contributed by atoms with Gasteiger partial charge in [-0.05, 0) is 40.5 Å². The third-order valence-electron chi connectivity index (χ3n) is 2.66. The number of carbonyl (C=O) groups is 1. The lowest BCUT2D eigenvalue weighted by Gasteiger charge is -2.07. The van der Waals surface area contributed by atoms with Crippen LogP contribution in [0.15, 0.2) is 32.5 Å². The highest BCUT2D eigenvalue weighted by Gasteiger charge is 2.17. The second-order valence-corrected chi connectivity index (χ2v) is 6.01. The van der Waals surface area contributed by atoms with Crippen molar-refractivity contribution in [2.45, 2.75) is 17.7 Å². The Morgan fingerprint density at radius 3 is 2.86 bits per heavy atom. The molecule has 0 fully saturated rings. The highest BCUT2D eigenvalue weighted by molar-refractivity contribution is 9.10. The number of aromatic nitrogens is 2. The second-order valence-electron chi connectivity index (χ2n) is 4.19. The van der Waals surface area contributed by atoms with E-state index in [1.54, 1.807) is 12.1 Å². The molecule has 5 nitrogen and oxygen atoms in total. The smallest absolute Gasteiger partial charge is 0.346 e. The number of hydrogen-bond acceptors (Lipinski definition) is 4.